The Balaban J connectivity index is 2.37. The average molecular weight is 320 g/mol. The average Bonchev–Trinajstić information content (AvgIpc) is 2.59. The lowest BCUT2D eigenvalue weighted by Crippen LogP contribution is -2.30. The zero-order valence-corrected chi connectivity index (χ0v) is 14.9. The van der Waals surface area contributed by atoms with Crippen LogP contribution < -0.4 is 5.32 Å². The highest BCUT2D eigenvalue weighted by molar-refractivity contribution is 6.10. The molecule has 0 radical (unpaired) electrons. The molecule has 0 fully saturated rings. The van der Waals surface area contributed by atoms with Crippen molar-refractivity contribution < 1.29 is 0 Å². The van der Waals surface area contributed by atoms with Gasteiger partial charge >= 0.3 is 0 Å². The van der Waals surface area contributed by atoms with Crippen molar-refractivity contribution in [1.29, 1.82) is 0 Å². The van der Waals surface area contributed by atoms with Gasteiger partial charge in [0.15, 0.2) is 0 Å². The largest absolute Gasteiger partial charge is 0.316 e. The van der Waals surface area contributed by atoms with E-state index in [1.54, 1.807) is 0 Å². The lowest BCUT2D eigenvalue weighted by molar-refractivity contribution is 0.533. The summed E-state index contributed by atoms with van der Waals surface area (Å²) in [5, 5.41) is 3.20. The Hall–Kier alpha value is -2.19. The van der Waals surface area contributed by atoms with Gasteiger partial charge in [0.1, 0.15) is 0 Å². The molecule has 1 aliphatic rings. The van der Waals surface area contributed by atoms with Crippen molar-refractivity contribution in [3.8, 4) is 0 Å². The minimum Gasteiger partial charge on any atom is -0.316 e. The Kier molecular flexibility index (Phi) is 6.51. The maximum absolute atomic E-state index is 4.98. The van der Waals surface area contributed by atoms with Crippen LogP contribution in [0.25, 0.3) is 0 Å². The molecule has 0 amide bonds. The third-order valence-electron chi connectivity index (χ3n) is 4.49. The SMILES string of the molecule is C=CC1=NC(C(=C)CNC)C(CCC(=C)/C=C\C)c2ccccc21. The van der Waals surface area contributed by atoms with E-state index in [1.165, 1.54) is 11.1 Å². The normalized spacial score (nSPS) is 19.7. The van der Waals surface area contributed by atoms with Crippen LogP contribution in [0.3, 0.4) is 0 Å². The minimum atomic E-state index is 0.0822. The van der Waals surface area contributed by atoms with Crippen LogP contribution in [0.4, 0.5) is 0 Å². The van der Waals surface area contributed by atoms with Crippen LogP contribution in [0.2, 0.25) is 0 Å². The van der Waals surface area contributed by atoms with Crippen LogP contribution in [0.5, 0.6) is 0 Å². The van der Waals surface area contributed by atoms with Gasteiger partial charge in [-0.2, -0.15) is 0 Å². The van der Waals surface area contributed by atoms with Gasteiger partial charge in [0.05, 0.1) is 11.8 Å². The zero-order chi connectivity index (χ0) is 17.5. The summed E-state index contributed by atoms with van der Waals surface area (Å²) in [6.07, 6.45) is 7.97. The van der Waals surface area contributed by atoms with Crippen molar-refractivity contribution in [2.45, 2.75) is 31.7 Å². The summed E-state index contributed by atoms with van der Waals surface area (Å²) in [6, 6.07) is 8.61. The molecule has 2 rings (SSSR count). The number of hydrogen-bond donors (Lipinski definition) is 1. The van der Waals surface area contributed by atoms with E-state index in [9.17, 15) is 0 Å². The number of allylic oxidation sites excluding steroid dienone is 4. The molecule has 1 N–H and O–H groups in total. The fourth-order valence-corrected chi connectivity index (χ4v) is 3.38. The number of benzene rings is 1. The second-order valence-electron chi connectivity index (χ2n) is 6.24. The summed E-state index contributed by atoms with van der Waals surface area (Å²) in [6.45, 7) is 15.2. The molecule has 1 aromatic rings. The highest BCUT2D eigenvalue weighted by atomic mass is 14.9. The molecule has 0 saturated heterocycles. The molecule has 2 unspecified atom stereocenters. The lowest BCUT2D eigenvalue weighted by Gasteiger charge is -2.33. The Morgan fingerprint density at radius 3 is 2.71 bits per heavy atom. The standard InChI is InChI=1S/C22H28N2/c1-6-10-16(3)13-14-20-18-11-8-9-12-19(18)21(7-2)24-22(20)17(4)15-23-5/h6-12,20,22-23H,2-4,13-15H2,1,5H3/b10-6-. The third-order valence-corrected chi connectivity index (χ3v) is 4.49. The first-order valence-electron chi connectivity index (χ1n) is 8.54. The monoisotopic (exact) mass is 320 g/mol. The first-order chi connectivity index (χ1) is 11.6. The number of hydrogen-bond acceptors (Lipinski definition) is 2. The molecule has 1 heterocycles. The molecule has 1 aliphatic heterocycles. The molecule has 0 spiro atoms. The summed E-state index contributed by atoms with van der Waals surface area (Å²) in [7, 11) is 1.95. The first-order valence-corrected chi connectivity index (χ1v) is 8.54. The van der Waals surface area contributed by atoms with Gasteiger partial charge in [-0.15, -0.1) is 0 Å². The highest BCUT2D eigenvalue weighted by Crippen LogP contribution is 2.37. The third kappa shape index (κ3) is 4.01. The fraction of sp³-hybridized carbons (Fsp3) is 0.318. The molecule has 0 aromatic heterocycles. The molecule has 2 nitrogen and oxygen atoms in total. The maximum Gasteiger partial charge on any atom is 0.0795 e. The summed E-state index contributed by atoms with van der Waals surface area (Å²) < 4.78 is 0. The van der Waals surface area contributed by atoms with Crippen molar-refractivity contribution in [2.75, 3.05) is 13.6 Å². The van der Waals surface area contributed by atoms with E-state index in [1.807, 2.05) is 26.1 Å². The van der Waals surface area contributed by atoms with Gasteiger partial charge in [-0.3, -0.25) is 4.99 Å². The van der Waals surface area contributed by atoms with Crippen LogP contribution in [0, 0.1) is 0 Å². The van der Waals surface area contributed by atoms with Crippen LogP contribution in [-0.4, -0.2) is 25.3 Å². The first kappa shape index (κ1) is 18.2. The van der Waals surface area contributed by atoms with Crippen LogP contribution in [0.1, 0.15) is 36.8 Å². The van der Waals surface area contributed by atoms with Gasteiger partial charge in [-0.1, -0.05) is 61.7 Å². The molecule has 24 heavy (non-hydrogen) atoms. The van der Waals surface area contributed by atoms with Crippen molar-refractivity contribution in [1.82, 2.24) is 5.32 Å². The van der Waals surface area contributed by atoms with E-state index in [2.05, 4.69) is 55.4 Å². The quantitative estimate of drug-likeness (QED) is 0.539. The Morgan fingerprint density at radius 1 is 1.29 bits per heavy atom. The number of likely N-dealkylation sites (N-methyl/N-ethyl adjacent to an activating group) is 1. The van der Waals surface area contributed by atoms with Gasteiger partial charge in [-0.05, 0) is 44.0 Å². The second kappa shape index (κ2) is 8.60. The van der Waals surface area contributed by atoms with Crippen LogP contribution in [-0.2, 0) is 0 Å². The minimum absolute atomic E-state index is 0.0822. The molecule has 126 valence electrons. The lowest BCUT2D eigenvalue weighted by atomic mass is 9.78. The summed E-state index contributed by atoms with van der Waals surface area (Å²) in [5.74, 6) is 0.327. The predicted octanol–water partition coefficient (Wildman–Crippen LogP) is 4.82. The van der Waals surface area contributed by atoms with Gasteiger partial charge in [0.2, 0.25) is 0 Å². The van der Waals surface area contributed by atoms with Gasteiger partial charge in [-0.25, -0.2) is 0 Å². The number of nitrogens with one attached hydrogen (secondary N) is 1. The molecule has 2 atom stereocenters. The molecular weight excluding hydrogens is 292 g/mol. The van der Waals surface area contributed by atoms with Gasteiger partial charge in [0, 0.05) is 18.0 Å². The summed E-state index contributed by atoms with van der Waals surface area (Å²) in [5.41, 5.74) is 5.79. The second-order valence-corrected chi connectivity index (χ2v) is 6.24. The maximum atomic E-state index is 4.98. The van der Waals surface area contributed by atoms with Gasteiger partial charge < -0.3 is 5.32 Å². The van der Waals surface area contributed by atoms with Crippen molar-refractivity contribution >= 4 is 5.71 Å². The number of rotatable bonds is 8. The highest BCUT2D eigenvalue weighted by Gasteiger charge is 2.31. The van der Waals surface area contributed by atoms with E-state index >= 15 is 0 Å². The van der Waals surface area contributed by atoms with E-state index < -0.39 is 0 Å². The van der Waals surface area contributed by atoms with Crippen LogP contribution in [0.15, 0.2) is 78.4 Å². The van der Waals surface area contributed by atoms with Crippen molar-refractivity contribution in [3.63, 3.8) is 0 Å². The summed E-state index contributed by atoms with van der Waals surface area (Å²) in [4.78, 5) is 4.98. The molecule has 1 aromatic carbocycles. The summed E-state index contributed by atoms with van der Waals surface area (Å²) >= 11 is 0. The Bertz CT molecular complexity index is 679. The molecular formula is C22H28N2. The van der Waals surface area contributed by atoms with E-state index in [0.29, 0.717) is 5.92 Å². The van der Waals surface area contributed by atoms with E-state index in [4.69, 9.17) is 4.99 Å². The molecule has 0 saturated carbocycles. The Labute approximate surface area is 146 Å². The smallest absolute Gasteiger partial charge is 0.0795 e. The topological polar surface area (TPSA) is 24.4 Å². The molecule has 0 bridgehead atoms. The number of fused-ring (bicyclic) bond motifs is 1. The Morgan fingerprint density at radius 2 is 2.04 bits per heavy atom. The van der Waals surface area contributed by atoms with E-state index in [0.717, 1.165) is 36.2 Å². The zero-order valence-electron chi connectivity index (χ0n) is 14.9. The van der Waals surface area contributed by atoms with Crippen molar-refractivity contribution in [3.05, 3.63) is 84.5 Å². The fourth-order valence-electron chi connectivity index (χ4n) is 3.38. The number of nitrogens with zero attached hydrogens (tertiary/aromatic N) is 1. The van der Waals surface area contributed by atoms with E-state index in [-0.39, 0.29) is 6.04 Å². The van der Waals surface area contributed by atoms with Gasteiger partial charge in [0.25, 0.3) is 0 Å². The molecule has 2 heteroatoms. The van der Waals surface area contributed by atoms with Crippen LogP contribution >= 0.6 is 0 Å². The predicted molar refractivity (Wildman–Crippen MR) is 106 cm³/mol. The molecule has 0 aliphatic carbocycles. The number of aliphatic imine (C=N–C) groups is 1. The van der Waals surface area contributed by atoms with Crippen molar-refractivity contribution in [2.24, 2.45) is 4.99 Å².